The summed E-state index contributed by atoms with van der Waals surface area (Å²) >= 11 is 1.56. The first-order chi connectivity index (χ1) is 11.6. The molecular weight excluding hydrogens is 318 g/mol. The molecule has 0 aliphatic carbocycles. The van der Waals surface area contributed by atoms with Crippen molar-refractivity contribution in [3.05, 3.63) is 50.9 Å². The Morgan fingerprint density at radius 3 is 2.75 bits per heavy atom. The Morgan fingerprint density at radius 2 is 2.00 bits per heavy atom. The van der Waals surface area contributed by atoms with Crippen LogP contribution in [0.2, 0.25) is 0 Å². The molecule has 4 rings (SSSR count). The van der Waals surface area contributed by atoms with Gasteiger partial charge in [0.25, 0.3) is 5.56 Å². The van der Waals surface area contributed by atoms with Crippen molar-refractivity contribution >= 4 is 21.6 Å². The molecule has 0 bridgehead atoms. The molecule has 1 saturated heterocycles. The molecule has 3 heterocycles. The Kier molecular flexibility index (Phi) is 3.98. The highest BCUT2D eigenvalue weighted by Crippen LogP contribution is 2.31. The van der Waals surface area contributed by atoms with Gasteiger partial charge in [0.1, 0.15) is 10.7 Å². The Hall–Kier alpha value is -1.98. The molecule has 3 aromatic rings. The number of hydrogen-bond acceptors (Lipinski definition) is 4. The van der Waals surface area contributed by atoms with E-state index in [1.54, 1.807) is 11.3 Å². The molecule has 0 radical (unpaired) electrons. The summed E-state index contributed by atoms with van der Waals surface area (Å²) in [4.78, 5) is 23.6. The Labute approximate surface area is 145 Å². The quantitative estimate of drug-likeness (QED) is 0.788. The largest absolute Gasteiger partial charge is 0.309 e. The molecule has 0 spiro atoms. The summed E-state index contributed by atoms with van der Waals surface area (Å²) in [6.07, 6.45) is 2.48. The third-order valence-corrected chi connectivity index (χ3v) is 5.76. The molecule has 4 nitrogen and oxygen atoms in total. The van der Waals surface area contributed by atoms with E-state index in [-0.39, 0.29) is 5.56 Å². The number of fused-ring (bicyclic) bond motifs is 1. The first kappa shape index (κ1) is 15.5. The lowest BCUT2D eigenvalue weighted by Crippen LogP contribution is -2.22. The van der Waals surface area contributed by atoms with Crippen LogP contribution >= 0.6 is 11.3 Å². The van der Waals surface area contributed by atoms with Gasteiger partial charge >= 0.3 is 0 Å². The van der Waals surface area contributed by atoms with Gasteiger partial charge in [-0.15, -0.1) is 11.3 Å². The van der Waals surface area contributed by atoms with Gasteiger partial charge in [0.05, 0.1) is 11.9 Å². The van der Waals surface area contributed by atoms with Gasteiger partial charge in [-0.05, 0) is 56.5 Å². The van der Waals surface area contributed by atoms with E-state index in [4.69, 9.17) is 4.98 Å². The van der Waals surface area contributed by atoms with Crippen LogP contribution in [0.4, 0.5) is 0 Å². The molecule has 124 valence electrons. The molecule has 1 fully saturated rings. The second kappa shape index (κ2) is 6.15. The minimum absolute atomic E-state index is 0.0244. The zero-order valence-electron chi connectivity index (χ0n) is 14.1. The van der Waals surface area contributed by atoms with Crippen molar-refractivity contribution < 1.29 is 0 Å². The number of rotatable bonds is 3. The average Bonchev–Trinajstić information content (AvgIpc) is 3.20. The lowest BCUT2D eigenvalue weighted by Gasteiger charge is -2.13. The van der Waals surface area contributed by atoms with Crippen molar-refractivity contribution in [1.82, 2.24) is 14.9 Å². The number of likely N-dealkylation sites (tertiary alicyclic amines) is 1. The average molecular weight is 339 g/mol. The lowest BCUT2D eigenvalue weighted by atomic mass is 10.0. The molecule has 1 aliphatic heterocycles. The SMILES string of the molecule is Cc1ccc(-c2csc3nc(CN4CCCC4)[nH]c(=O)c23)cc1C. The van der Waals surface area contributed by atoms with Gasteiger partial charge in [-0.1, -0.05) is 18.2 Å². The maximum Gasteiger partial charge on any atom is 0.260 e. The molecule has 0 atom stereocenters. The third kappa shape index (κ3) is 2.78. The standard InChI is InChI=1S/C19H21N3OS/c1-12-5-6-14(9-13(12)2)15-11-24-19-17(15)18(23)20-16(21-19)10-22-7-3-4-8-22/h5-6,9,11H,3-4,7-8,10H2,1-2H3,(H,20,21,23). The second-order valence-corrected chi connectivity index (χ2v) is 7.48. The Balaban J connectivity index is 1.76. The van der Waals surface area contributed by atoms with Crippen molar-refractivity contribution in [3.63, 3.8) is 0 Å². The highest BCUT2D eigenvalue weighted by molar-refractivity contribution is 7.17. The summed E-state index contributed by atoms with van der Waals surface area (Å²) < 4.78 is 0. The summed E-state index contributed by atoms with van der Waals surface area (Å²) in [5, 5.41) is 2.77. The van der Waals surface area contributed by atoms with Gasteiger partial charge in [-0.3, -0.25) is 9.69 Å². The fraction of sp³-hybridized carbons (Fsp3) is 0.368. The molecule has 1 aromatic carbocycles. The van der Waals surface area contributed by atoms with Crippen LogP contribution in [0.25, 0.3) is 21.3 Å². The zero-order chi connectivity index (χ0) is 16.7. The number of benzene rings is 1. The van der Waals surface area contributed by atoms with Gasteiger partial charge in [0, 0.05) is 10.9 Å². The summed E-state index contributed by atoms with van der Waals surface area (Å²) in [6.45, 7) is 7.13. The van der Waals surface area contributed by atoms with Crippen molar-refractivity contribution in [3.8, 4) is 11.1 Å². The summed E-state index contributed by atoms with van der Waals surface area (Å²) in [6, 6.07) is 6.34. The smallest absolute Gasteiger partial charge is 0.260 e. The number of H-pyrrole nitrogens is 1. The van der Waals surface area contributed by atoms with Crippen LogP contribution in [0, 0.1) is 13.8 Å². The van der Waals surface area contributed by atoms with Crippen LogP contribution in [0.15, 0.2) is 28.4 Å². The monoisotopic (exact) mass is 339 g/mol. The highest BCUT2D eigenvalue weighted by Gasteiger charge is 2.16. The minimum Gasteiger partial charge on any atom is -0.309 e. The fourth-order valence-electron chi connectivity index (χ4n) is 3.34. The normalized spacial score (nSPS) is 15.4. The van der Waals surface area contributed by atoms with Gasteiger partial charge in [0.2, 0.25) is 0 Å². The molecule has 2 aromatic heterocycles. The van der Waals surface area contributed by atoms with Crippen molar-refractivity contribution in [2.24, 2.45) is 0 Å². The number of hydrogen-bond donors (Lipinski definition) is 1. The number of nitrogens with zero attached hydrogens (tertiary/aromatic N) is 2. The third-order valence-electron chi connectivity index (χ3n) is 4.88. The molecular formula is C19H21N3OS. The number of aryl methyl sites for hydroxylation is 2. The maximum absolute atomic E-state index is 12.7. The number of thiophene rings is 1. The maximum atomic E-state index is 12.7. The van der Waals surface area contributed by atoms with E-state index in [0.29, 0.717) is 5.39 Å². The molecule has 0 unspecified atom stereocenters. The lowest BCUT2D eigenvalue weighted by molar-refractivity contribution is 0.322. The van der Waals surface area contributed by atoms with Crippen LogP contribution in [0.1, 0.15) is 29.8 Å². The summed E-state index contributed by atoms with van der Waals surface area (Å²) in [7, 11) is 0. The first-order valence-corrected chi connectivity index (χ1v) is 9.30. The number of aromatic amines is 1. The topological polar surface area (TPSA) is 49.0 Å². The van der Waals surface area contributed by atoms with Crippen LogP contribution in [0.3, 0.4) is 0 Å². The summed E-state index contributed by atoms with van der Waals surface area (Å²) in [5.74, 6) is 0.780. The van der Waals surface area contributed by atoms with E-state index in [1.807, 2.05) is 0 Å². The zero-order valence-corrected chi connectivity index (χ0v) is 14.9. The van der Waals surface area contributed by atoms with E-state index in [1.165, 1.54) is 24.0 Å². The van der Waals surface area contributed by atoms with Crippen molar-refractivity contribution in [1.29, 1.82) is 0 Å². The molecule has 5 heteroatoms. The Morgan fingerprint density at radius 1 is 1.21 bits per heavy atom. The molecule has 1 aliphatic rings. The predicted octanol–water partition coefficient (Wildman–Crippen LogP) is 3.86. The van der Waals surface area contributed by atoms with Gasteiger partial charge in [0.15, 0.2) is 0 Å². The van der Waals surface area contributed by atoms with Crippen molar-refractivity contribution in [2.45, 2.75) is 33.2 Å². The summed E-state index contributed by atoms with van der Waals surface area (Å²) in [5.41, 5.74) is 4.55. The van der Waals surface area contributed by atoms with Gasteiger partial charge in [-0.2, -0.15) is 0 Å². The van der Waals surface area contributed by atoms with E-state index >= 15 is 0 Å². The fourth-order valence-corrected chi connectivity index (χ4v) is 4.31. The van der Waals surface area contributed by atoms with Gasteiger partial charge in [-0.25, -0.2) is 4.98 Å². The molecule has 0 saturated carbocycles. The molecule has 24 heavy (non-hydrogen) atoms. The van der Waals surface area contributed by atoms with E-state index < -0.39 is 0 Å². The number of aromatic nitrogens is 2. The molecule has 1 N–H and O–H groups in total. The van der Waals surface area contributed by atoms with E-state index in [2.05, 4.69) is 47.3 Å². The number of nitrogens with one attached hydrogen (secondary N) is 1. The minimum atomic E-state index is -0.0244. The second-order valence-electron chi connectivity index (χ2n) is 6.62. The van der Waals surface area contributed by atoms with Gasteiger partial charge < -0.3 is 4.98 Å². The van der Waals surface area contributed by atoms with Crippen LogP contribution in [-0.4, -0.2) is 28.0 Å². The van der Waals surface area contributed by atoms with Crippen LogP contribution in [-0.2, 0) is 6.54 Å². The van der Waals surface area contributed by atoms with E-state index in [9.17, 15) is 4.79 Å². The Bertz CT molecular complexity index is 951. The molecule has 0 amide bonds. The first-order valence-electron chi connectivity index (χ1n) is 8.42. The highest BCUT2D eigenvalue weighted by atomic mass is 32.1. The van der Waals surface area contributed by atoms with E-state index in [0.717, 1.165) is 41.4 Å². The van der Waals surface area contributed by atoms with Crippen LogP contribution in [0.5, 0.6) is 0 Å². The van der Waals surface area contributed by atoms with Crippen molar-refractivity contribution in [2.75, 3.05) is 13.1 Å². The van der Waals surface area contributed by atoms with Crippen LogP contribution < -0.4 is 5.56 Å². The predicted molar refractivity (Wildman–Crippen MR) is 99.7 cm³/mol.